The molecule has 43 heavy (non-hydrogen) atoms. The van der Waals surface area contributed by atoms with Crippen molar-refractivity contribution >= 4 is 23.9 Å². The number of nitrogens with one attached hydrogen (secondary N) is 3. The summed E-state index contributed by atoms with van der Waals surface area (Å²) in [6.07, 6.45) is 2.81. The highest BCUT2D eigenvalue weighted by atomic mass is 16.6. The first-order valence-electron chi connectivity index (χ1n) is 15.1. The lowest BCUT2D eigenvalue weighted by atomic mass is 9.81. The van der Waals surface area contributed by atoms with E-state index in [0.717, 1.165) is 23.4 Å². The van der Waals surface area contributed by atoms with Crippen LogP contribution in [0.15, 0.2) is 60.7 Å². The van der Waals surface area contributed by atoms with Crippen LogP contribution >= 0.6 is 0 Å². The molecule has 2 aliphatic heterocycles. The van der Waals surface area contributed by atoms with Gasteiger partial charge in [-0.1, -0.05) is 74.5 Å². The van der Waals surface area contributed by atoms with Gasteiger partial charge in [-0.2, -0.15) is 5.01 Å². The highest BCUT2D eigenvalue weighted by Gasteiger charge is 2.53. The van der Waals surface area contributed by atoms with Crippen molar-refractivity contribution in [2.45, 2.75) is 64.5 Å². The van der Waals surface area contributed by atoms with Crippen LogP contribution in [0.2, 0.25) is 0 Å². The van der Waals surface area contributed by atoms with Crippen LogP contribution in [0.1, 0.15) is 57.1 Å². The predicted molar refractivity (Wildman–Crippen MR) is 159 cm³/mol. The SMILES string of the molecule is CC(C)C[C@@H](CNN1C(=O)NC2(CCN(C(=O)OCc3ccccc3)CC2)C1=O)[C@H](CCCc1ccccc1)C(=O)NO. The van der Waals surface area contributed by atoms with E-state index in [-0.39, 0.29) is 50.9 Å². The maximum Gasteiger partial charge on any atom is 0.410 e. The van der Waals surface area contributed by atoms with E-state index in [1.165, 1.54) is 5.56 Å². The van der Waals surface area contributed by atoms with E-state index in [4.69, 9.17) is 4.74 Å². The van der Waals surface area contributed by atoms with Crippen molar-refractivity contribution in [3.05, 3.63) is 71.8 Å². The molecule has 0 unspecified atom stereocenters. The van der Waals surface area contributed by atoms with Gasteiger partial charge in [-0.05, 0) is 61.5 Å². The van der Waals surface area contributed by atoms with Crippen LogP contribution in [0.4, 0.5) is 9.59 Å². The molecule has 0 bridgehead atoms. The zero-order valence-corrected chi connectivity index (χ0v) is 25.0. The molecule has 2 aromatic carbocycles. The second-order valence-corrected chi connectivity index (χ2v) is 11.9. The molecule has 2 aliphatic rings. The number of carbonyl (C=O) groups excluding carboxylic acids is 4. The molecule has 0 saturated carbocycles. The summed E-state index contributed by atoms with van der Waals surface area (Å²) < 4.78 is 5.43. The maximum absolute atomic E-state index is 13.5. The van der Waals surface area contributed by atoms with Gasteiger partial charge in [0, 0.05) is 25.6 Å². The monoisotopic (exact) mass is 593 g/mol. The Hall–Kier alpha value is -3.96. The van der Waals surface area contributed by atoms with Crippen molar-refractivity contribution in [3.8, 4) is 0 Å². The number of hydrogen-bond donors (Lipinski definition) is 4. The van der Waals surface area contributed by atoms with E-state index >= 15 is 0 Å². The standard InChI is InChI=1S/C32H43N5O6/c1-23(2)20-26(27(28(38)35-42)15-9-14-24-10-5-3-6-11-24)21-33-37-29(39)32(34-30(37)40)16-18-36(19-17-32)31(41)43-22-25-12-7-4-8-13-25/h3-8,10-13,23,26-27,33,42H,9,14-22H2,1-2H3,(H,34,40)(H,35,38)/t26-,27-/m0/s1. The number of hydroxylamine groups is 1. The number of urea groups is 1. The molecular weight excluding hydrogens is 550 g/mol. The molecule has 4 N–H and O–H groups in total. The van der Waals surface area contributed by atoms with Gasteiger partial charge in [0.1, 0.15) is 12.1 Å². The van der Waals surface area contributed by atoms with Crippen LogP contribution in [0.3, 0.4) is 0 Å². The molecule has 0 aromatic heterocycles. The number of imide groups is 1. The number of hydrazine groups is 1. The van der Waals surface area contributed by atoms with Crippen molar-refractivity contribution in [3.63, 3.8) is 0 Å². The van der Waals surface area contributed by atoms with Gasteiger partial charge in [-0.15, -0.1) is 0 Å². The third kappa shape index (κ3) is 8.32. The Bertz CT molecular complexity index is 1230. The fourth-order valence-electron chi connectivity index (χ4n) is 6.02. The maximum atomic E-state index is 13.5. The zero-order chi connectivity index (χ0) is 30.8. The molecule has 0 radical (unpaired) electrons. The Balaban J connectivity index is 1.33. The second-order valence-electron chi connectivity index (χ2n) is 11.9. The fraction of sp³-hybridized carbons (Fsp3) is 0.500. The second kappa shape index (κ2) is 15.0. The van der Waals surface area contributed by atoms with Gasteiger partial charge in [-0.3, -0.25) is 14.8 Å². The number of likely N-dealkylation sites (tertiary alicyclic amines) is 1. The van der Waals surface area contributed by atoms with Crippen LogP contribution in [-0.2, 0) is 27.4 Å². The minimum absolute atomic E-state index is 0.160. The largest absolute Gasteiger partial charge is 0.445 e. The van der Waals surface area contributed by atoms with Crippen LogP contribution in [0.25, 0.3) is 0 Å². The molecule has 2 fully saturated rings. The number of amides is 5. The Morgan fingerprint density at radius 1 is 1.00 bits per heavy atom. The summed E-state index contributed by atoms with van der Waals surface area (Å²) >= 11 is 0. The van der Waals surface area contributed by atoms with Crippen LogP contribution in [-0.4, -0.2) is 64.2 Å². The molecule has 5 amide bonds. The topological polar surface area (TPSA) is 140 Å². The van der Waals surface area contributed by atoms with E-state index < -0.39 is 35.4 Å². The quantitative estimate of drug-likeness (QED) is 0.156. The van der Waals surface area contributed by atoms with Gasteiger partial charge in [-0.25, -0.2) is 20.5 Å². The summed E-state index contributed by atoms with van der Waals surface area (Å²) in [5, 5.41) is 13.4. The van der Waals surface area contributed by atoms with Crippen molar-refractivity contribution in [1.29, 1.82) is 0 Å². The molecular formula is C32H43N5O6. The summed E-state index contributed by atoms with van der Waals surface area (Å²) in [5.41, 5.74) is 5.77. The average molecular weight is 594 g/mol. The molecule has 2 saturated heterocycles. The highest BCUT2D eigenvalue weighted by Crippen LogP contribution is 2.30. The van der Waals surface area contributed by atoms with Crippen molar-refractivity contribution in [2.24, 2.45) is 17.8 Å². The number of aryl methyl sites for hydroxylation is 1. The molecule has 0 aliphatic carbocycles. The van der Waals surface area contributed by atoms with E-state index in [1.54, 1.807) is 4.90 Å². The molecule has 2 heterocycles. The Labute approximate surface area is 252 Å². The van der Waals surface area contributed by atoms with Gasteiger partial charge in [0.15, 0.2) is 0 Å². The lowest BCUT2D eigenvalue weighted by molar-refractivity contribution is -0.136. The fourth-order valence-corrected chi connectivity index (χ4v) is 6.02. The van der Waals surface area contributed by atoms with Gasteiger partial charge in [0.25, 0.3) is 5.91 Å². The van der Waals surface area contributed by atoms with Crippen LogP contribution in [0, 0.1) is 17.8 Å². The molecule has 11 heteroatoms. The third-order valence-electron chi connectivity index (χ3n) is 8.37. The predicted octanol–water partition coefficient (Wildman–Crippen LogP) is 4.02. The number of hydrogen-bond acceptors (Lipinski definition) is 7. The summed E-state index contributed by atoms with van der Waals surface area (Å²) in [4.78, 5) is 53.4. The number of piperidine rings is 1. The van der Waals surface area contributed by atoms with Gasteiger partial charge in [0.05, 0.1) is 0 Å². The average Bonchev–Trinajstić information content (AvgIpc) is 3.24. The smallest absolute Gasteiger partial charge is 0.410 e. The van der Waals surface area contributed by atoms with Crippen molar-refractivity contribution in [2.75, 3.05) is 19.6 Å². The number of rotatable bonds is 13. The molecule has 2 aromatic rings. The molecule has 232 valence electrons. The number of carbonyl (C=O) groups is 4. The Morgan fingerprint density at radius 2 is 1.63 bits per heavy atom. The third-order valence-corrected chi connectivity index (χ3v) is 8.37. The van der Waals surface area contributed by atoms with Crippen LogP contribution < -0.4 is 16.2 Å². The van der Waals surface area contributed by atoms with E-state index in [1.807, 2.05) is 80.0 Å². The molecule has 11 nitrogen and oxygen atoms in total. The first kappa shape index (κ1) is 32.0. The lowest BCUT2D eigenvalue weighted by Crippen LogP contribution is -2.56. The highest BCUT2D eigenvalue weighted by molar-refractivity contribution is 6.06. The van der Waals surface area contributed by atoms with Crippen molar-refractivity contribution in [1.82, 2.24) is 26.1 Å². The van der Waals surface area contributed by atoms with Crippen LogP contribution in [0.5, 0.6) is 0 Å². The molecule has 4 rings (SSSR count). The molecule has 1 spiro atoms. The first-order chi connectivity index (χ1) is 20.7. The number of benzene rings is 2. The van der Waals surface area contributed by atoms with E-state index in [0.29, 0.717) is 12.8 Å². The van der Waals surface area contributed by atoms with Gasteiger partial charge in [0.2, 0.25) is 5.91 Å². The Kier molecular flexibility index (Phi) is 11.1. The summed E-state index contributed by atoms with van der Waals surface area (Å²) in [6, 6.07) is 18.8. The zero-order valence-electron chi connectivity index (χ0n) is 25.0. The van der Waals surface area contributed by atoms with E-state index in [9.17, 15) is 24.4 Å². The van der Waals surface area contributed by atoms with Crippen molar-refractivity contribution < 1.29 is 29.1 Å². The number of nitrogens with zero attached hydrogens (tertiary/aromatic N) is 2. The lowest BCUT2D eigenvalue weighted by Gasteiger charge is -2.36. The minimum Gasteiger partial charge on any atom is -0.445 e. The minimum atomic E-state index is -1.11. The molecule has 2 atom stereocenters. The summed E-state index contributed by atoms with van der Waals surface area (Å²) in [5.74, 6) is -1.37. The number of ether oxygens (including phenoxy) is 1. The Morgan fingerprint density at radius 3 is 2.23 bits per heavy atom. The summed E-state index contributed by atoms with van der Waals surface area (Å²) in [6.45, 7) is 4.99. The first-order valence-corrected chi connectivity index (χ1v) is 15.1. The van der Waals surface area contributed by atoms with Gasteiger partial charge >= 0.3 is 12.1 Å². The van der Waals surface area contributed by atoms with Gasteiger partial charge < -0.3 is 15.0 Å². The summed E-state index contributed by atoms with van der Waals surface area (Å²) in [7, 11) is 0. The normalized spacial score (nSPS) is 17.6. The van der Waals surface area contributed by atoms with E-state index in [2.05, 4.69) is 10.7 Å².